The van der Waals surface area contributed by atoms with Gasteiger partial charge >= 0.3 is 6.18 Å². The molecule has 0 saturated heterocycles. The van der Waals surface area contributed by atoms with E-state index in [1.165, 1.54) is 18.2 Å². The molecule has 4 rings (SSSR count). The van der Waals surface area contributed by atoms with Crippen LogP contribution in [0.1, 0.15) is 28.4 Å². The van der Waals surface area contributed by atoms with Gasteiger partial charge in [0, 0.05) is 26.9 Å². The first-order chi connectivity index (χ1) is 20.5. The van der Waals surface area contributed by atoms with Crippen LogP contribution in [-0.2, 0) is 15.8 Å². The molecule has 0 fully saturated rings. The van der Waals surface area contributed by atoms with Crippen molar-refractivity contribution in [3.8, 4) is 0 Å². The standard InChI is InChI=1S/C32H25ClF3N3O3S/c1-20(29(40)37-25-13-6-11-23(18-25)32(34,35)36)43-27-15-7-14-26(19-27)38-31(42)28(17-21-8-5-12-24(33)16-21)39-30(41)22-9-3-2-4-10-22/h2-20H,1H3,(H,37,40)(H,38,42)(H,39,41)/b28-17-. The first-order valence-corrected chi connectivity index (χ1v) is 14.1. The summed E-state index contributed by atoms with van der Waals surface area (Å²) in [6, 6.07) is 26.3. The second kappa shape index (κ2) is 14.1. The summed E-state index contributed by atoms with van der Waals surface area (Å²) in [6.45, 7) is 1.61. The molecule has 0 radical (unpaired) electrons. The van der Waals surface area contributed by atoms with Gasteiger partial charge in [0.1, 0.15) is 5.70 Å². The third-order valence-corrected chi connectivity index (χ3v) is 7.25. The molecular weight excluding hydrogens is 599 g/mol. The van der Waals surface area contributed by atoms with Crippen molar-refractivity contribution in [3.63, 3.8) is 0 Å². The Morgan fingerprint density at radius 2 is 1.49 bits per heavy atom. The zero-order valence-corrected chi connectivity index (χ0v) is 24.2. The van der Waals surface area contributed by atoms with Crippen LogP contribution < -0.4 is 16.0 Å². The number of hydrogen-bond acceptors (Lipinski definition) is 4. The molecule has 3 amide bonds. The van der Waals surface area contributed by atoms with Crippen molar-refractivity contribution in [1.29, 1.82) is 0 Å². The van der Waals surface area contributed by atoms with Crippen molar-refractivity contribution in [2.24, 2.45) is 0 Å². The Bertz CT molecular complexity index is 1660. The number of hydrogen-bond donors (Lipinski definition) is 3. The normalized spacial score (nSPS) is 12.3. The summed E-state index contributed by atoms with van der Waals surface area (Å²) in [4.78, 5) is 39.5. The summed E-state index contributed by atoms with van der Waals surface area (Å²) >= 11 is 7.26. The van der Waals surface area contributed by atoms with E-state index in [2.05, 4.69) is 16.0 Å². The van der Waals surface area contributed by atoms with Crippen LogP contribution in [0.15, 0.2) is 114 Å². The molecule has 0 aliphatic rings. The van der Waals surface area contributed by atoms with E-state index in [9.17, 15) is 27.6 Å². The first-order valence-electron chi connectivity index (χ1n) is 12.9. The lowest BCUT2D eigenvalue weighted by atomic mass is 10.1. The molecule has 0 heterocycles. The number of benzene rings is 4. The van der Waals surface area contributed by atoms with Gasteiger partial charge in [-0.25, -0.2) is 0 Å². The van der Waals surface area contributed by atoms with Crippen molar-refractivity contribution in [1.82, 2.24) is 5.32 Å². The Morgan fingerprint density at radius 3 is 2.19 bits per heavy atom. The topological polar surface area (TPSA) is 87.3 Å². The summed E-state index contributed by atoms with van der Waals surface area (Å²) in [7, 11) is 0. The molecule has 0 spiro atoms. The van der Waals surface area contributed by atoms with Crippen molar-refractivity contribution in [2.75, 3.05) is 10.6 Å². The largest absolute Gasteiger partial charge is 0.416 e. The van der Waals surface area contributed by atoms with E-state index in [1.807, 2.05) is 0 Å². The van der Waals surface area contributed by atoms with E-state index >= 15 is 0 Å². The quantitative estimate of drug-likeness (QED) is 0.131. The number of halogens is 4. The van der Waals surface area contributed by atoms with Crippen molar-refractivity contribution >= 4 is 58.5 Å². The number of alkyl halides is 3. The zero-order valence-electron chi connectivity index (χ0n) is 22.6. The van der Waals surface area contributed by atoms with Crippen LogP contribution in [0.5, 0.6) is 0 Å². The number of rotatable bonds is 9. The van der Waals surface area contributed by atoms with Crippen molar-refractivity contribution < 1.29 is 27.6 Å². The molecule has 220 valence electrons. The molecule has 0 aliphatic heterocycles. The highest BCUT2D eigenvalue weighted by Crippen LogP contribution is 2.31. The molecule has 4 aromatic carbocycles. The monoisotopic (exact) mass is 623 g/mol. The number of amides is 3. The predicted molar refractivity (Wildman–Crippen MR) is 164 cm³/mol. The van der Waals surface area contributed by atoms with Gasteiger partial charge in [0.2, 0.25) is 5.91 Å². The number of carbonyl (C=O) groups excluding carboxylic acids is 3. The van der Waals surface area contributed by atoms with Crippen molar-refractivity contribution in [2.45, 2.75) is 23.2 Å². The fourth-order valence-electron chi connectivity index (χ4n) is 3.83. The van der Waals surface area contributed by atoms with Crippen LogP contribution in [0.3, 0.4) is 0 Å². The minimum absolute atomic E-state index is 0.0250. The van der Waals surface area contributed by atoms with E-state index in [4.69, 9.17) is 11.6 Å². The van der Waals surface area contributed by atoms with E-state index in [0.717, 1.165) is 23.9 Å². The summed E-state index contributed by atoms with van der Waals surface area (Å²) in [6.07, 6.45) is -3.03. The molecule has 0 aromatic heterocycles. The lowest BCUT2D eigenvalue weighted by Gasteiger charge is -2.15. The van der Waals surface area contributed by atoms with Crippen LogP contribution >= 0.6 is 23.4 Å². The van der Waals surface area contributed by atoms with E-state index < -0.39 is 34.7 Å². The summed E-state index contributed by atoms with van der Waals surface area (Å²) in [5.74, 6) is -1.56. The highest BCUT2D eigenvalue weighted by molar-refractivity contribution is 8.00. The molecule has 4 aromatic rings. The molecule has 0 saturated carbocycles. The minimum atomic E-state index is -4.53. The molecule has 43 heavy (non-hydrogen) atoms. The SMILES string of the molecule is CC(Sc1cccc(NC(=O)/C(=C/c2cccc(Cl)c2)NC(=O)c2ccccc2)c1)C(=O)Nc1cccc(C(F)(F)F)c1. The summed E-state index contributed by atoms with van der Waals surface area (Å²) < 4.78 is 39.1. The second-order valence-corrected chi connectivity index (χ2v) is 11.1. The third kappa shape index (κ3) is 9.22. The number of carbonyl (C=O) groups is 3. The van der Waals surface area contributed by atoms with Gasteiger partial charge in [0.25, 0.3) is 11.8 Å². The fourth-order valence-corrected chi connectivity index (χ4v) is 4.95. The molecule has 0 aliphatic carbocycles. The van der Waals surface area contributed by atoms with Gasteiger partial charge in [-0.3, -0.25) is 14.4 Å². The minimum Gasteiger partial charge on any atom is -0.325 e. The predicted octanol–water partition coefficient (Wildman–Crippen LogP) is 7.89. The van der Waals surface area contributed by atoms with Crippen LogP contribution in [0.25, 0.3) is 6.08 Å². The molecule has 1 atom stereocenters. The zero-order chi connectivity index (χ0) is 31.0. The van der Waals surface area contributed by atoms with Gasteiger partial charge < -0.3 is 16.0 Å². The molecule has 6 nitrogen and oxygen atoms in total. The number of nitrogens with one attached hydrogen (secondary N) is 3. The van der Waals surface area contributed by atoms with Crippen LogP contribution in [0.2, 0.25) is 5.02 Å². The van der Waals surface area contributed by atoms with Crippen LogP contribution in [0, 0.1) is 0 Å². The number of thioether (sulfide) groups is 1. The van der Waals surface area contributed by atoms with Crippen LogP contribution in [-0.4, -0.2) is 23.0 Å². The number of anilines is 2. The molecule has 0 bridgehead atoms. The molecule has 1 unspecified atom stereocenters. The average Bonchev–Trinajstić information content (AvgIpc) is 2.97. The maximum Gasteiger partial charge on any atom is 0.416 e. The van der Waals surface area contributed by atoms with Gasteiger partial charge in [-0.1, -0.05) is 54.1 Å². The van der Waals surface area contributed by atoms with Gasteiger partial charge in [-0.15, -0.1) is 11.8 Å². The Hall–Kier alpha value is -4.54. The average molecular weight is 624 g/mol. The lowest BCUT2D eigenvalue weighted by molar-refractivity contribution is -0.137. The highest BCUT2D eigenvalue weighted by atomic mass is 35.5. The summed E-state index contributed by atoms with van der Waals surface area (Å²) in [5.41, 5.74) is 0.496. The van der Waals surface area contributed by atoms with Gasteiger partial charge in [-0.05, 0) is 79.2 Å². The van der Waals surface area contributed by atoms with Crippen molar-refractivity contribution in [3.05, 3.63) is 131 Å². The van der Waals surface area contributed by atoms with E-state index in [1.54, 1.807) is 85.8 Å². The molecule has 3 N–H and O–H groups in total. The second-order valence-electron chi connectivity index (χ2n) is 9.24. The fraction of sp³-hybridized carbons (Fsp3) is 0.0938. The van der Waals surface area contributed by atoms with Gasteiger partial charge in [0.05, 0.1) is 10.8 Å². The van der Waals surface area contributed by atoms with Crippen LogP contribution in [0.4, 0.5) is 24.5 Å². The summed E-state index contributed by atoms with van der Waals surface area (Å²) in [5, 5.41) is 7.71. The smallest absolute Gasteiger partial charge is 0.325 e. The molecular formula is C32H25ClF3N3O3S. The van der Waals surface area contributed by atoms with E-state index in [0.29, 0.717) is 26.7 Å². The Morgan fingerprint density at radius 1 is 0.814 bits per heavy atom. The third-order valence-electron chi connectivity index (χ3n) is 5.92. The highest BCUT2D eigenvalue weighted by Gasteiger charge is 2.30. The first kappa shape index (κ1) is 31.4. The van der Waals surface area contributed by atoms with Gasteiger partial charge in [0.15, 0.2) is 0 Å². The Kier molecular flexibility index (Phi) is 10.3. The lowest BCUT2D eigenvalue weighted by Crippen LogP contribution is -2.30. The maximum atomic E-state index is 13.3. The van der Waals surface area contributed by atoms with Gasteiger partial charge in [-0.2, -0.15) is 13.2 Å². The maximum absolute atomic E-state index is 13.3. The Balaban J connectivity index is 1.47. The van der Waals surface area contributed by atoms with E-state index in [-0.39, 0.29) is 11.4 Å². The Labute approximate surface area is 255 Å². The molecule has 11 heteroatoms.